The molecule has 400 valence electrons. The van der Waals surface area contributed by atoms with E-state index >= 15 is 0 Å². The number of ether oxygens (including phenoxy) is 4. The molecule has 2 atom stereocenters. The van der Waals surface area contributed by atoms with Crippen molar-refractivity contribution >= 4 is 17.9 Å². The molecule has 0 aliphatic heterocycles. The SMILES string of the molecule is CC/C=C\C/C=C\C/C=C\C/C=C\C/C=C\C/C=C\CCCCCCCCC(=O)OC(COC(=O)CCCCCCC/C=C\C/C=C\C/C=C\C/C=C\C/C=C\CC)COC(OCC[N+](C)(C)C)C(=O)[O-]. The Morgan fingerprint density at radius 3 is 1.13 bits per heavy atom. The van der Waals surface area contributed by atoms with Crippen molar-refractivity contribution in [1.82, 2.24) is 0 Å². The number of esters is 2. The van der Waals surface area contributed by atoms with Crippen LogP contribution in [-0.4, -0.2) is 82.3 Å². The van der Waals surface area contributed by atoms with Gasteiger partial charge in [-0.05, 0) is 109 Å². The van der Waals surface area contributed by atoms with Crippen LogP contribution in [0.5, 0.6) is 0 Å². The fourth-order valence-electron chi connectivity index (χ4n) is 6.74. The number of carbonyl (C=O) groups excluding carboxylic acids is 3. The Hall–Kier alpha value is -4.57. The van der Waals surface area contributed by atoms with Crippen LogP contribution >= 0.6 is 0 Å². The van der Waals surface area contributed by atoms with Crippen molar-refractivity contribution in [1.29, 1.82) is 0 Å². The van der Waals surface area contributed by atoms with Crippen LogP contribution in [0.2, 0.25) is 0 Å². The lowest BCUT2D eigenvalue weighted by atomic mass is 10.1. The van der Waals surface area contributed by atoms with Gasteiger partial charge in [-0.25, -0.2) is 0 Å². The summed E-state index contributed by atoms with van der Waals surface area (Å²) in [5.74, 6) is -2.35. The third-order valence-corrected chi connectivity index (χ3v) is 10.9. The van der Waals surface area contributed by atoms with Gasteiger partial charge in [-0.3, -0.25) is 9.59 Å². The first-order valence-corrected chi connectivity index (χ1v) is 27.3. The van der Waals surface area contributed by atoms with Crippen LogP contribution in [0.3, 0.4) is 0 Å². The molecule has 71 heavy (non-hydrogen) atoms. The van der Waals surface area contributed by atoms with E-state index in [9.17, 15) is 19.5 Å². The van der Waals surface area contributed by atoms with E-state index in [0.717, 1.165) is 141 Å². The summed E-state index contributed by atoms with van der Waals surface area (Å²) in [6.07, 6.45) is 70.5. The predicted octanol–water partition coefficient (Wildman–Crippen LogP) is 14.6. The summed E-state index contributed by atoms with van der Waals surface area (Å²) in [6.45, 7) is 4.45. The van der Waals surface area contributed by atoms with Crippen molar-refractivity contribution in [2.75, 3.05) is 47.5 Å². The van der Waals surface area contributed by atoms with E-state index < -0.39 is 24.3 Å². The minimum atomic E-state index is -1.64. The van der Waals surface area contributed by atoms with E-state index in [1.54, 1.807) is 0 Å². The van der Waals surface area contributed by atoms with E-state index in [-0.39, 0.29) is 38.6 Å². The van der Waals surface area contributed by atoms with Crippen LogP contribution in [0.1, 0.15) is 181 Å². The number of unbranched alkanes of at least 4 members (excludes halogenated alkanes) is 11. The number of allylic oxidation sites excluding steroid dienone is 22. The number of aliphatic carboxylic acids is 1. The molecule has 0 radical (unpaired) electrons. The molecule has 0 rings (SSSR count). The molecule has 0 bridgehead atoms. The second kappa shape index (κ2) is 51.8. The van der Waals surface area contributed by atoms with Crippen LogP contribution in [0.15, 0.2) is 134 Å². The number of nitrogens with zero attached hydrogens (tertiary/aromatic N) is 1. The summed E-state index contributed by atoms with van der Waals surface area (Å²) in [7, 11) is 5.89. The van der Waals surface area contributed by atoms with Crippen LogP contribution in [0, 0.1) is 0 Å². The monoisotopic (exact) mass is 986 g/mol. The molecule has 0 fully saturated rings. The van der Waals surface area contributed by atoms with Crippen LogP contribution < -0.4 is 5.11 Å². The molecule has 0 aromatic rings. The van der Waals surface area contributed by atoms with E-state index in [1.807, 2.05) is 21.1 Å². The number of carboxylic acid groups (broad SMARTS) is 1. The molecule has 0 saturated carbocycles. The molecule has 9 nitrogen and oxygen atoms in total. The Balaban J connectivity index is 4.41. The maximum atomic E-state index is 12.8. The molecule has 0 aromatic carbocycles. The maximum Gasteiger partial charge on any atom is 0.306 e. The molecule has 0 saturated heterocycles. The lowest BCUT2D eigenvalue weighted by Gasteiger charge is -2.26. The number of quaternary nitrogens is 1. The molecular formula is C62H99NO8. The van der Waals surface area contributed by atoms with Gasteiger partial charge in [-0.1, -0.05) is 192 Å². The topological polar surface area (TPSA) is 111 Å². The van der Waals surface area contributed by atoms with Gasteiger partial charge in [0.25, 0.3) is 0 Å². The fraction of sp³-hybridized carbons (Fsp3) is 0.597. The summed E-state index contributed by atoms with van der Waals surface area (Å²) < 4.78 is 22.6. The number of hydrogen-bond donors (Lipinski definition) is 0. The molecule has 0 aliphatic rings. The Kier molecular flexibility index (Phi) is 48.4. The normalized spacial score (nSPS) is 13.9. The molecule has 2 unspecified atom stereocenters. The zero-order chi connectivity index (χ0) is 52.0. The Bertz CT molecular complexity index is 1620. The molecule has 0 spiro atoms. The first-order chi connectivity index (χ1) is 34.6. The van der Waals surface area contributed by atoms with Gasteiger partial charge >= 0.3 is 11.9 Å². The van der Waals surface area contributed by atoms with Crippen molar-refractivity contribution in [2.45, 2.75) is 193 Å². The summed E-state index contributed by atoms with van der Waals surface area (Å²) in [4.78, 5) is 37.3. The lowest BCUT2D eigenvalue weighted by Crippen LogP contribution is -2.44. The summed E-state index contributed by atoms with van der Waals surface area (Å²) in [5, 5.41) is 11.8. The molecular weight excluding hydrogens is 887 g/mol. The van der Waals surface area contributed by atoms with Gasteiger partial charge in [0.05, 0.1) is 40.3 Å². The van der Waals surface area contributed by atoms with Crippen molar-refractivity contribution < 1.29 is 42.9 Å². The van der Waals surface area contributed by atoms with Gasteiger partial charge < -0.3 is 33.3 Å². The van der Waals surface area contributed by atoms with Gasteiger partial charge in [0.15, 0.2) is 12.4 Å². The third kappa shape index (κ3) is 53.1. The molecule has 9 heteroatoms. The van der Waals surface area contributed by atoms with E-state index in [1.165, 1.54) is 0 Å². The van der Waals surface area contributed by atoms with E-state index in [4.69, 9.17) is 18.9 Å². The highest BCUT2D eigenvalue weighted by Gasteiger charge is 2.22. The number of rotatable bonds is 48. The number of likely N-dealkylation sites (N-methyl/N-ethyl adjacent to an activating group) is 1. The average Bonchev–Trinajstić information content (AvgIpc) is 3.34. The van der Waals surface area contributed by atoms with Gasteiger partial charge in [0.1, 0.15) is 13.2 Å². The second-order valence-corrected chi connectivity index (χ2v) is 18.8. The van der Waals surface area contributed by atoms with Crippen molar-refractivity contribution in [3.8, 4) is 0 Å². The maximum absolute atomic E-state index is 12.8. The first kappa shape index (κ1) is 66.4. The second-order valence-electron chi connectivity index (χ2n) is 18.8. The van der Waals surface area contributed by atoms with Crippen molar-refractivity contribution in [3.63, 3.8) is 0 Å². The molecule has 0 N–H and O–H groups in total. The largest absolute Gasteiger partial charge is 0.545 e. The minimum Gasteiger partial charge on any atom is -0.545 e. The number of carbonyl (C=O) groups is 3. The van der Waals surface area contributed by atoms with Gasteiger partial charge in [-0.15, -0.1) is 0 Å². The average molecular weight is 986 g/mol. The third-order valence-electron chi connectivity index (χ3n) is 10.9. The highest BCUT2D eigenvalue weighted by Crippen LogP contribution is 2.13. The predicted molar refractivity (Wildman–Crippen MR) is 296 cm³/mol. The van der Waals surface area contributed by atoms with Crippen LogP contribution in [0.4, 0.5) is 0 Å². The highest BCUT2D eigenvalue weighted by atomic mass is 16.7. The minimum absolute atomic E-state index is 0.132. The summed E-state index contributed by atoms with van der Waals surface area (Å²) >= 11 is 0. The van der Waals surface area contributed by atoms with Crippen molar-refractivity contribution in [2.24, 2.45) is 0 Å². The number of carboxylic acids is 1. The number of hydrogen-bond acceptors (Lipinski definition) is 8. The quantitative estimate of drug-likeness (QED) is 0.0195. The van der Waals surface area contributed by atoms with Crippen LogP contribution in [-0.2, 0) is 33.3 Å². The Labute approximate surface area is 433 Å². The smallest absolute Gasteiger partial charge is 0.306 e. The Morgan fingerprint density at radius 2 is 0.761 bits per heavy atom. The molecule has 0 aromatic heterocycles. The van der Waals surface area contributed by atoms with E-state index in [0.29, 0.717) is 23.9 Å². The van der Waals surface area contributed by atoms with Gasteiger partial charge in [0.2, 0.25) is 0 Å². The van der Waals surface area contributed by atoms with Gasteiger partial charge in [-0.2, -0.15) is 0 Å². The van der Waals surface area contributed by atoms with E-state index in [2.05, 4.69) is 148 Å². The summed E-state index contributed by atoms with van der Waals surface area (Å²) in [6, 6.07) is 0. The standard InChI is InChI=1S/C62H99NO8/c1-6-8-10-12-14-16-18-20-22-24-26-28-29-30-31-33-35-37-39-41-43-45-47-49-51-53-60(65)71-58(57-70-62(61(66)67)68-55-54-63(3,4)5)56-69-59(64)52-50-48-46-44-42-40-38-36-34-32-27-25-23-21-19-17-15-13-11-9-7-2/h8-11,14-17,20-23,26-28,30-32,35-38,58,62H,6-7,12-13,18-19,24-25,29,33-34,39-57H2,1-5H3/b10-8-,11-9-,16-14-,17-15-,22-20-,23-21-,28-26-,31-30-,32-27-,37-35-,38-36-. The molecule has 0 heterocycles. The van der Waals surface area contributed by atoms with Gasteiger partial charge in [0, 0.05) is 12.8 Å². The highest BCUT2D eigenvalue weighted by molar-refractivity contribution is 5.70. The molecule has 0 aliphatic carbocycles. The zero-order valence-corrected chi connectivity index (χ0v) is 45.3. The summed E-state index contributed by atoms with van der Waals surface area (Å²) in [5.41, 5.74) is 0. The fourth-order valence-corrected chi connectivity index (χ4v) is 6.74. The Morgan fingerprint density at radius 1 is 0.423 bits per heavy atom. The molecule has 0 amide bonds. The zero-order valence-electron chi connectivity index (χ0n) is 45.3. The van der Waals surface area contributed by atoms with Crippen LogP contribution in [0.25, 0.3) is 0 Å². The lowest BCUT2D eigenvalue weighted by molar-refractivity contribution is -0.870. The van der Waals surface area contributed by atoms with Crippen molar-refractivity contribution in [3.05, 3.63) is 134 Å². The first-order valence-electron chi connectivity index (χ1n) is 27.3.